The second-order valence-corrected chi connectivity index (χ2v) is 22.8. The highest BCUT2D eigenvalue weighted by atomic mass is 19.4. The van der Waals surface area contributed by atoms with E-state index in [1.807, 2.05) is 278 Å². The predicted octanol–water partition coefficient (Wildman–Crippen LogP) is 21.4. The molecule has 16 aromatic rings. The van der Waals surface area contributed by atoms with Crippen molar-refractivity contribution in [2.75, 3.05) is 0 Å². The maximum absolute atomic E-state index is 17.3. The van der Waals surface area contributed by atoms with Crippen molar-refractivity contribution in [3.63, 3.8) is 0 Å². The molecule has 0 bridgehead atoms. The molecule has 0 aliphatic carbocycles. The number of nitrogens with zero attached hydrogens (tertiary/aromatic N) is 7. The van der Waals surface area contributed by atoms with Crippen LogP contribution in [0, 0.1) is 11.3 Å². The van der Waals surface area contributed by atoms with Gasteiger partial charge < -0.3 is 9.13 Å². The molecule has 0 radical (unpaired) electrons. The molecule has 0 amide bonds. The van der Waals surface area contributed by atoms with E-state index in [-0.39, 0.29) is 11.4 Å². The summed E-state index contributed by atoms with van der Waals surface area (Å²) in [7, 11) is 0. The summed E-state index contributed by atoms with van der Waals surface area (Å²) in [4.78, 5) is 20.6. The normalized spacial score (nSPS) is 11.6. The molecule has 10 heteroatoms. The summed E-state index contributed by atoms with van der Waals surface area (Å²) < 4.78 is 55.5. The summed E-state index contributed by atoms with van der Waals surface area (Å²) in [6.07, 6.45) is -4.94. The topological polar surface area (TPSA) is 85.2 Å². The molecule has 0 N–H and O–H groups in total. The summed E-state index contributed by atoms with van der Waals surface area (Å²) in [6, 6.07) is 99.5. The summed E-state index contributed by atoms with van der Waals surface area (Å²) in [5, 5.41) is 13.7. The number of halogens is 3. The first-order chi connectivity index (χ1) is 45.2. The van der Waals surface area contributed by atoms with Crippen molar-refractivity contribution in [2.24, 2.45) is 0 Å². The van der Waals surface area contributed by atoms with Crippen molar-refractivity contribution in [1.82, 2.24) is 29.1 Å². The molecule has 7 nitrogen and oxygen atoms in total. The fourth-order valence-corrected chi connectivity index (χ4v) is 12.8. The maximum Gasteiger partial charge on any atom is 0.418 e. The monoisotopic (exact) mass is 1190 g/mol. The van der Waals surface area contributed by atoms with E-state index in [0.717, 1.165) is 77.7 Å². The molecule has 0 unspecified atom stereocenters. The van der Waals surface area contributed by atoms with Crippen molar-refractivity contribution in [3.8, 4) is 119 Å². The molecule has 92 heavy (non-hydrogen) atoms. The Labute approximate surface area is 527 Å². The standard InChI is InChI=1S/C82H50F3N7/c83-82(84,85)67-50-80(91-76-45-58(72-32-14-28-68(87-72)53-19-5-1-6-20-53)36-40-62(76)63-41-37-59(46-77(63)91)73-33-15-29-69(88-73)54-21-7-2-8-22-54)66(57-27-13-18-52(44-57)51-86)49-81(67)92-78-47-60(74-34-16-30-70(89-74)55-23-9-3-10-24-55)38-42-64(78)65-43-39-61(48-79(65)92)75-35-17-31-71(90-75)56-25-11-4-12-26-56/h1-50H. The van der Waals surface area contributed by atoms with E-state index >= 15 is 13.2 Å². The van der Waals surface area contributed by atoms with Crippen LogP contribution in [0.1, 0.15) is 11.1 Å². The van der Waals surface area contributed by atoms with Crippen LogP contribution in [0.2, 0.25) is 0 Å². The van der Waals surface area contributed by atoms with Gasteiger partial charge in [0.15, 0.2) is 0 Å². The molecular weight excluding hydrogens is 1140 g/mol. The van der Waals surface area contributed by atoms with Gasteiger partial charge in [-0.25, -0.2) is 19.9 Å². The lowest BCUT2D eigenvalue weighted by molar-refractivity contribution is -0.137. The molecule has 6 aromatic heterocycles. The lowest BCUT2D eigenvalue weighted by Gasteiger charge is -2.22. The highest BCUT2D eigenvalue weighted by Gasteiger charge is 2.37. The molecule has 0 fully saturated rings. The molecule has 10 aromatic carbocycles. The number of hydrogen-bond acceptors (Lipinski definition) is 5. The second kappa shape index (κ2) is 22.7. The van der Waals surface area contributed by atoms with Crippen molar-refractivity contribution in [1.29, 1.82) is 5.26 Å². The third-order valence-electron chi connectivity index (χ3n) is 17.2. The molecular formula is C82H50F3N7. The van der Waals surface area contributed by atoms with E-state index in [2.05, 4.69) is 6.07 Å². The molecule has 6 heterocycles. The Morgan fingerprint density at radius 1 is 0.272 bits per heavy atom. The van der Waals surface area contributed by atoms with E-state index in [0.29, 0.717) is 72.7 Å². The Kier molecular flexibility index (Phi) is 13.6. The van der Waals surface area contributed by atoms with Crippen molar-refractivity contribution in [3.05, 3.63) is 314 Å². The first kappa shape index (κ1) is 55.0. The van der Waals surface area contributed by atoms with Crippen LogP contribution in [-0.2, 0) is 6.18 Å². The predicted molar refractivity (Wildman–Crippen MR) is 365 cm³/mol. The highest BCUT2D eigenvalue weighted by molar-refractivity contribution is 6.13. The Bertz CT molecular complexity index is 5300. The molecule has 16 rings (SSSR count). The molecule has 0 aliphatic rings. The molecule has 0 atom stereocenters. The molecule has 434 valence electrons. The molecule has 0 spiro atoms. The van der Waals surface area contributed by atoms with E-state index in [4.69, 9.17) is 19.9 Å². The number of benzene rings is 10. The number of nitriles is 1. The second-order valence-electron chi connectivity index (χ2n) is 22.8. The average Bonchev–Trinajstić information content (AvgIpc) is 1.54. The van der Waals surface area contributed by atoms with Gasteiger partial charge in [-0.1, -0.05) is 206 Å². The Morgan fingerprint density at radius 3 is 0.880 bits per heavy atom. The van der Waals surface area contributed by atoms with Crippen molar-refractivity contribution < 1.29 is 13.2 Å². The van der Waals surface area contributed by atoms with E-state index in [1.165, 1.54) is 6.07 Å². The first-order valence-corrected chi connectivity index (χ1v) is 30.2. The molecule has 0 aliphatic heterocycles. The van der Waals surface area contributed by atoms with Gasteiger partial charge in [0.05, 0.1) is 96.2 Å². The average molecular weight is 1190 g/mol. The van der Waals surface area contributed by atoms with Gasteiger partial charge in [-0.05, 0) is 103 Å². The van der Waals surface area contributed by atoms with Crippen LogP contribution >= 0.6 is 0 Å². The van der Waals surface area contributed by atoms with Crippen LogP contribution in [0.5, 0.6) is 0 Å². The van der Waals surface area contributed by atoms with Crippen LogP contribution in [0.25, 0.3) is 156 Å². The smallest absolute Gasteiger partial charge is 0.309 e. The Balaban J connectivity index is 0.990. The number of hydrogen-bond donors (Lipinski definition) is 0. The maximum atomic E-state index is 17.3. The summed E-state index contributed by atoms with van der Waals surface area (Å²) >= 11 is 0. The van der Waals surface area contributed by atoms with Gasteiger partial charge >= 0.3 is 6.18 Å². The first-order valence-electron chi connectivity index (χ1n) is 30.2. The zero-order valence-electron chi connectivity index (χ0n) is 49.1. The van der Waals surface area contributed by atoms with Crippen LogP contribution in [0.4, 0.5) is 13.2 Å². The fourth-order valence-electron chi connectivity index (χ4n) is 12.8. The minimum absolute atomic E-state index is 0.115. The highest BCUT2D eigenvalue weighted by Crippen LogP contribution is 2.47. The number of pyridine rings is 4. The van der Waals surface area contributed by atoms with Crippen LogP contribution in [0.3, 0.4) is 0 Å². The lowest BCUT2D eigenvalue weighted by atomic mass is 9.97. The number of aromatic nitrogens is 6. The summed E-state index contributed by atoms with van der Waals surface area (Å²) in [5.41, 5.74) is 15.4. The zero-order valence-corrected chi connectivity index (χ0v) is 49.1. The largest absolute Gasteiger partial charge is 0.418 e. The van der Waals surface area contributed by atoms with Gasteiger partial charge in [-0.15, -0.1) is 0 Å². The third kappa shape index (κ3) is 10.0. The molecule has 0 saturated heterocycles. The summed E-state index contributed by atoms with van der Waals surface area (Å²) in [6.45, 7) is 0. The Hall–Kier alpha value is -12.3. The minimum Gasteiger partial charge on any atom is -0.309 e. The Morgan fingerprint density at radius 2 is 0.565 bits per heavy atom. The lowest BCUT2D eigenvalue weighted by Crippen LogP contribution is -2.13. The van der Waals surface area contributed by atoms with E-state index in [9.17, 15) is 5.26 Å². The number of alkyl halides is 3. The molecule has 0 saturated carbocycles. The van der Waals surface area contributed by atoms with Gasteiger partial charge in [-0.3, -0.25) is 0 Å². The minimum atomic E-state index is -4.94. The van der Waals surface area contributed by atoms with Crippen LogP contribution in [-0.4, -0.2) is 29.1 Å². The van der Waals surface area contributed by atoms with Gasteiger partial charge in [0.25, 0.3) is 0 Å². The fraction of sp³-hybridized carbons (Fsp3) is 0.0122. The summed E-state index contributed by atoms with van der Waals surface area (Å²) in [5.74, 6) is 0. The van der Waals surface area contributed by atoms with Crippen LogP contribution < -0.4 is 0 Å². The van der Waals surface area contributed by atoms with E-state index < -0.39 is 11.7 Å². The van der Waals surface area contributed by atoms with Crippen molar-refractivity contribution >= 4 is 43.6 Å². The number of fused-ring (bicyclic) bond motifs is 6. The van der Waals surface area contributed by atoms with Gasteiger partial charge in [0, 0.05) is 71.6 Å². The van der Waals surface area contributed by atoms with Crippen molar-refractivity contribution in [2.45, 2.75) is 6.18 Å². The van der Waals surface area contributed by atoms with Crippen LogP contribution in [0.15, 0.2) is 303 Å². The zero-order chi connectivity index (χ0) is 61.9. The van der Waals surface area contributed by atoms with Gasteiger partial charge in [-0.2, -0.15) is 18.4 Å². The van der Waals surface area contributed by atoms with Gasteiger partial charge in [0.2, 0.25) is 0 Å². The SMILES string of the molecule is N#Cc1cccc(-c2cc(-n3c4cc(-c5cccc(-c6ccccc6)n5)ccc4c4ccc(-c5cccc(-c6ccccc6)n5)cc43)c(C(F)(F)F)cc2-n2c3cc(-c4cccc(-c5ccccc5)n4)ccc3c3ccc(-c4cccc(-c5ccccc5)n4)cc32)c1. The van der Waals surface area contributed by atoms with Gasteiger partial charge in [0.1, 0.15) is 0 Å². The number of rotatable bonds is 11. The third-order valence-corrected chi connectivity index (χ3v) is 17.2. The van der Waals surface area contributed by atoms with E-state index in [1.54, 1.807) is 28.8 Å². The quantitative estimate of drug-likeness (QED) is 0.129.